The molecule has 5 heterocycles. The van der Waals surface area contributed by atoms with Gasteiger partial charge in [0.25, 0.3) is 0 Å². The van der Waals surface area contributed by atoms with E-state index in [-0.39, 0.29) is 23.9 Å². The van der Waals surface area contributed by atoms with Crippen molar-refractivity contribution < 1.29 is 22.5 Å². The quantitative estimate of drug-likeness (QED) is 0.326. The van der Waals surface area contributed by atoms with Crippen molar-refractivity contribution in [2.24, 2.45) is 0 Å². The number of benzene rings is 1. The lowest BCUT2D eigenvalue weighted by atomic mass is 10.0. The predicted molar refractivity (Wildman–Crippen MR) is 150 cm³/mol. The Hall–Kier alpha value is -3.48. The number of carbonyl (C=O) groups excluding carboxylic acids is 1. The fourth-order valence-corrected chi connectivity index (χ4v) is 7.08. The van der Waals surface area contributed by atoms with E-state index in [1.165, 1.54) is 17.7 Å². The molecule has 2 fully saturated rings. The summed E-state index contributed by atoms with van der Waals surface area (Å²) >= 11 is 6.38. The SMILES string of the molecule is COc1ncc(N2C(=O)CCC2c2nc3cc(-c4c(C)noc4C)ccc3n2[C@@H]2CCN(S(C)(=O)=O)C2)cc1Cl. The van der Waals surface area contributed by atoms with Crippen LogP contribution >= 0.6 is 11.6 Å². The van der Waals surface area contributed by atoms with Gasteiger partial charge in [0.2, 0.25) is 21.8 Å². The fourth-order valence-electron chi connectivity index (χ4n) is 5.96. The number of halogens is 1. The number of aryl methyl sites for hydroxylation is 2. The molecule has 0 N–H and O–H groups in total. The second-order valence-electron chi connectivity index (χ2n) is 10.3. The van der Waals surface area contributed by atoms with Crippen LogP contribution in [0.4, 0.5) is 5.69 Å². The highest BCUT2D eigenvalue weighted by Gasteiger charge is 2.40. The zero-order chi connectivity index (χ0) is 28.3. The van der Waals surface area contributed by atoms with Gasteiger partial charge in [0, 0.05) is 25.1 Å². The molecule has 1 aromatic carbocycles. The first-order valence-corrected chi connectivity index (χ1v) is 15.2. The van der Waals surface area contributed by atoms with Crippen LogP contribution < -0.4 is 9.64 Å². The third-order valence-corrected chi connectivity index (χ3v) is 9.31. The number of anilines is 1. The third kappa shape index (κ3) is 4.43. The zero-order valence-corrected chi connectivity index (χ0v) is 24.2. The van der Waals surface area contributed by atoms with Crippen LogP contribution in [0.15, 0.2) is 35.0 Å². The molecular formula is C27H29ClN6O5S. The Morgan fingerprint density at radius 2 is 1.98 bits per heavy atom. The lowest BCUT2D eigenvalue weighted by molar-refractivity contribution is -0.117. The van der Waals surface area contributed by atoms with Crippen LogP contribution in [-0.2, 0) is 14.8 Å². The first kappa shape index (κ1) is 26.7. The molecule has 6 rings (SSSR count). The first-order chi connectivity index (χ1) is 19.1. The van der Waals surface area contributed by atoms with Gasteiger partial charge in [-0.3, -0.25) is 4.79 Å². The molecule has 2 atom stereocenters. The lowest BCUT2D eigenvalue weighted by Crippen LogP contribution is -2.31. The van der Waals surface area contributed by atoms with E-state index in [9.17, 15) is 13.2 Å². The van der Waals surface area contributed by atoms with Gasteiger partial charge in [-0.15, -0.1) is 0 Å². The van der Waals surface area contributed by atoms with Gasteiger partial charge in [0.1, 0.15) is 16.6 Å². The third-order valence-electron chi connectivity index (χ3n) is 7.77. The minimum Gasteiger partial charge on any atom is -0.480 e. The lowest BCUT2D eigenvalue weighted by Gasteiger charge is -2.27. The summed E-state index contributed by atoms with van der Waals surface area (Å²) < 4.78 is 38.9. The van der Waals surface area contributed by atoms with Crippen LogP contribution in [0.2, 0.25) is 5.02 Å². The monoisotopic (exact) mass is 584 g/mol. The topological polar surface area (TPSA) is 124 Å². The van der Waals surface area contributed by atoms with Crippen LogP contribution in [-0.4, -0.2) is 64.8 Å². The van der Waals surface area contributed by atoms with Crippen LogP contribution in [0.5, 0.6) is 5.88 Å². The summed E-state index contributed by atoms with van der Waals surface area (Å²) in [6.45, 7) is 4.52. The second kappa shape index (κ2) is 9.86. The average molecular weight is 585 g/mol. The second-order valence-corrected chi connectivity index (χ2v) is 12.7. The van der Waals surface area contributed by atoms with Crippen molar-refractivity contribution >= 4 is 44.3 Å². The van der Waals surface area contributed by atoms with Crippen molar-refractivity contribution in [3.63, 3.8) is 0 Å². The van der Waals surface area contributed by atoms with Gasteiger partial charge in [-0.2, -0.15) is 0 Å². The summed E-state index contributed by atoms with van der Waals surface area (Å²) in [7, 11) is -1.86. The number of pyridine rings is 1. The number of ether oxygens (including phenoxy) is 1. The van der Waals surface area contributed by atoms with Crippen LogP contribution in [0.25, 0.3) is 22.2 Å². The molecule has 1 amide bonds. The molecule has 11 nitrogen and oxygen atoms in total. The highest BCUT2D eigenvalue weighted by molar-refractivity contribution is 7.88. The number of sulfonamides is 1. The van der Waals surface area contributed by atoms with Crippen LogP contribution in [0.1, 0.15) is 48.6 Å². The Balaban J connectivity index is 1.50. The van der Waals surface area contributed by atoms with Gasteiger partial charge in [0.05, 0.1) is 54.1 Å². The van der Waals surface area contributed by atoms with Crippen molar-refractivity contribution in [3.8, 4) is 17.0 Å². The smallest absolute Gasteiger partial charge is 0.232 e. The summed E-state index contributed by atoms with van der Waals surface area (Å²) in [4.78, 5) is 24.3. The van der Waals surface area contributed by atoms with Crippen molar-refractivity contribution in [3.05, 3.63) is 52.8 Å². The molecule has 0 spiro atoms. The van der Waals surface area contributed by atoms with Gasteiger partial charge >= 0.3 is 0 Å². The number of hydrogen-bond donors (Lipinski definition) is 0. The summed E-state index contributed by atoms with van der Waals surface area (Å²) in [5.74, 6) is 1.63. The molecule has 4 aromatic rings. The number of nitrogens with zero attached hydrogens (tertiary/aromatic N) is 6. The Bertz CT molecular complexity index is 1730. The summed E-state index contributed by atoms with van der Waals surface area (Å²) in [6, 6.07) is 7.15. The van der Waals surface area contributed by atoms with Gasteiger partial charge in [-0.1, -0.05) is 22.8 Å². The van der Waals surface area contributed by atoms with E-state index < -0.39 is 10.0 Å². The van der Waals surface area contributed by atoms with E-state index >= 15 is 0 Å². The Morgan fingerprint density at radius 1 is 1.18 bits per heavy atom. The molecule has 2 saturated heterocycles. The fraction of sp³-hybridized carbons (Fsp3) is 0.407. The molecule has 1 unspecified atom stereocenters. The number of carbonyl (C=O) groups is 1. The summed E-state index contributed by atoms with van der Waals surface area (Å²) in [5, 5.41) is 4.39. The number of fused-ring (bicyclic) bond motifs is 1. The Morgan fingerprint density at radius 3 is 2.62 bits per heavy atom. The average Bonchev–Trinajstić information content (AvgIpc) is 3.68. The molecule has 0 aliphatic carbocycles. The van der Waals surface area contributed by atoms with Crippen LogP contribution in [0, 0.1) is 13.8 Å². The van der Waals surface area contributed by atoms with Gasteiger partial charge < -0.3 is 18.7 Å². The van der Waals surface area contributed by atoms with Gasteiger partial charge in [0.15, 0.2) is 0 Å². The van der Waals surface area contributed by atoms with Gasteiger partial charge in [-0.25, -0.2) is 22.7 Å². The standard InChI is InChI=1S/C27H29ClN6O5S/c1-15-25(16(2)39-31-15)17-5-6-22-21(11-17)30-26(34(22)18-9-10-32(14-18)40(4,36)37)23-7-8-24(35)33(23)19-12-20(28)27(38-3)29-13-19/h5-6,11-13,18,23H,7-10,14H2,1-4H3/t18-,23?/m1/s1. The molecule has 0 bridgehead atoms. The molecule has 13 heteroatoms. The molecule has 210 valence electrons. The number of amides is 1. The predicted octanol–water partition coefficient (Wildman–Crippen LogP) is 4.44. The van der Waals surface area contributed by atoms with E-state index in [0.717, 1.165) is 27.9 Å². The normalized spacial score (nSPS) is 20.2. The largest absolute Gasteiger partial charge is 0.480 e. The Kier molecular flexibility index (Phi) is 6.59. The van der Waals surface area contributed by atoms with Crippen LogP contribution in [0.3, 0.4) is 0 Å². The van der Waals surface area contributed by atoms with Gasteiger partial charge in [-0.05, 0) is 50.5 Å². The molecule has 0 radical (unpaired) electrons. The molecule has 2 aliphatic rings. The Labute approximate surface area is 236 Å². The van der Waals surface area contributed by atoms with E-state index in [0.29, 0.717) is 54.6 Å². The van der Waals surface area contributed by atoms with Crippen molar-refractivity contribution in [2.45, 2.75) is 45.2 Å². The minimum atomic E-state index is -3.35. The van der Waals surface area contributed by atoms with E-state index in [1.807, 2.05) is 32.0 Å². The van der Waals surface area contributed by atoms with Crippen molar-refractivity contribution in [1.29, 1.82) is 0 Å². The molecular weight excluding hydrogens is 556 g/mol. The number of methoxy groups -OCH3 is 1. The minimum absolute atomic E-state index is 0.0627. The summed E-state index contributed by atoms with van der Waals surface area (Å²) in [5.41, 5.74) is 4.80. The molecule has 2 aliphatic heterocycles. The van der Waals surface area contributed by atoms with E-state index in [1.54, 1.807) is 17.2 Å². The van der Waals surface area contributed by atoms with Crippen molar-refractivity contribution in [1.82, 2.24) is 24.0 Å². The zero-order valence-electron chi connectivity index (χ0n) is 22.6. The highest BCUT2D eigenvalue weighted by atomic mass is 35.5. The maximum atomic E-state index is 13.2. The van der Waals surface area contributed by atoms with E-state index in [2.05, 4.69) is 14.7 Å². The first-order valence-electron chi connectivity index (χ1n) is 13.0. The number of hydrogen-bond acceptors (Lipinski definition) is 8. The number of rotatable bonds is 6. The summed E-state index contributed by atoms with van der Waals surface area (Å²) in [6.07, 6.45) is 4.32. The molecule has 3 aromatic heterocycles. The molecule has 0 saturated carbocycles. The van der Waals surface area contributed by atoms with Crippen molar-refractivity contribution in [2.75, 3.05) is 31.4 Å². The molecule has 40 heavy (non-hydrogen) atoms. The maximum absolute atomic E-state index is 13.2. The number of aromatic nitrogens is 4. The maximum Gasteiger partial charge on any atom is 0.232 e. The number of imidazole rings is 1. The van der Waals surface area contributed by atoms with E-state index in [4.69, 9.17) is 25.8 Å². The highest BCUT2D eigenvalue weighted by Crippen LogP contribution is 2.42.